The molecule has 21 heavy (non-hydrogen) atoms. The summed E-state index contributed by atoms with van der Waals surface area (Å²) < 4.78 is 27.6. The fourth-order valence-electron chi connectivity index (χ4n) is 2.79. The molecule has 0 atom stereocenters. The van der Waals surface area contributed by atoms with E-state index in [4.69, 9.17) is 0 Å². The molecule has 1 aliphatic carbocycles. The van der Waals surface area contributed by atoms with Crippen LogP contribution in [-0.4, -0.2) is 26.5 Å². The van der Waals surface area contributed by atoms with Crippen LogP contribution >= 0.6 is 0 Å². The molecule has 1 aromatic rings. The molecule has 0 unspecified atom stereocenters. The van der Waals surface area contributed by atoms with E-state index in [0.717, 1.165) is 12.8 Å². The van der Waals surface area contributed by atoms with Gasteiger partial charge in [-0.1, -0.05) is 26.2 Å². The van der Waals surface area contributed by atoms with Gasteiger partial charge in [0.1, 0.15) is 5.82 Å². The van der Waals surface area contributed by atoms with Gasteiger partial charge >= 0.3 is 0 Å². The molecule has 0 aromatic carbocycles. The zero-order valence-electron chi connectivity index (χ0n) is 12.9. The molecular weight excluding hydrogens is 286 g/mol. The first-order valence-corrected chi connectivity index (χ1v) is 9.13. The van der Waals surface area contributed by atoms with Crippen molar-refractivity contribution in [2.24, 2.45) is 5.41 Å². The molecule has 118 valence electrons. The molecule has 0 bridgehead atoms. The van der Waals surface area contributed by atoms with Gasteiger partial charge in [0.2, 0.25) is 10.0 Å². The summed E-state index contributed by atoms with van der Waals surface area (Å²) in [6.45, 7) is 5.34. The molecule has 0 spiro atoms. The monoisotopic (exact) mass is 311 g/mol. The Morgan fingerprint density at radius 3 is 2.67 bits per heavy atom. The third-order valence-corrected chi connectivity index (χ3v) is 5.55. The Hall–Kier alpha value is -1.14. The van der Waals surface area contributed by atoms with Crippen LogP contribution < -0.4 is 10.0 Å². The van der Waals surface area contributed by atoms with Crippen molar-refractivity contribution in [1.82, 2.24) is 9.71 Å². The summed E-state index contributed by atoms with van der Waals surface area (Å²) in [5.41, 5.74) is 0.0862. The highest BCUT2D eigenvalue weighted by molar-refractivity contribution is 7.89. The van der Waals surface area contributed by atoms with E-state index in [9.17, 15) is 8.42 Å². The summed E-state index contributed by atoms with van der Waals surface area (Å²) in [4.78, 5) is 4.37. The van der Waals surface area contributed by atoms with E-state index < -0.39 is 10.0 Å². The Bertz CT molecular complexity index is 566. The van der Waals surface area contributed by atoms with E-state index in [1.807, 2.05) is 6.92 Å². The number of aromatic nitrogens is 1. The lowest BCUT2D eigenvalue weighted by molar-refractivity contribution is 0.219. The number of sulfonamides is 1. The maximum absolute atomic E-state index is 12.4. The van der Waals surface area contributed by atoms with Crippen LogP contribution in [0.4, 0.5) is 5.82 Å². The summed E-state index contributed by atoms with van der Waals surface area (Å²) in [7, 11) is -3.47. The van der Waals surface area contributed by atoms with Gasteiger partial charge in [-0.15, -0.1) is 0 Å². The molecule has 1 fully saturated rings. The summed E-state index contributed by atoms with van der Waals surface area (Å²) in [6, 6.07) is 3.11. The van der Waals surface area contributed by atoms with Crippen molar-refractivity contribution in [2.75, 3.05) is 18.4 Å². The van der Waals surface area contributed by atoms with Crippen molar-refractivity contribution in [1.29, 1.82) is 0 Å². The van der Waals surface area contributed by atoms with Gasteiger partial charge in [0.15, 0.2) is 0 Å². The molecule has 2 rings (SSSR count). The zero-order valence-corrected chi connectivity index (χ0v) is 13.7. The van der Waals surface area contributed by atoms with Gasteiger partial charge < -0.3 is 5.32 Å². The number of pyridine rings is 1. The van der Waals surface area contributed by atoms with Gasteiger partial charge in [0.05, 0.1) is 4.90 Å². The van der Waals surface area contributed by atoms with Gasteiger partial charge in [-0.2, -0.15) is 0 Å². The quantitative estimate of drug-likeness (QED) is 0.847. The number of nitrogens with one attached hydrogen (secondary N) is 2. The Labute approximate surface area is 127 Å². The number of anilines is 1. The first kappa shape index (κ1) is 16.2. The van der Waals surface area contributed by atoms with E-state index in [2.05, 4.69) is 21.9 Å². The third kappa shape index (κ3) is 4.41. The molecule has 1 heterocycles. The minimum Gasteiger partial charge on any atom is -0.370 e. The summed E-state index contributed by atoms with van der Waals surface area (Å²) in [5, 5.41) is 3.03. The Morgan fingerprint density at radius 2 is 2.00 bits per heavy atom. The molecule has 1 aromatic heterocycles. The highest BCUT2D eigenvalue weighted by atomic mass is 32.2. The average molecular weight is 311 g/mol. The largest absolute Gasteiger partial charge is 0.370 e. The van der Waals surface area contributed by atoms with Gasteiger partial charge in [0, 0.05) is 25.4 Å². The van der Waals surface area contributed by atoms with Gasteiger partial charge in [-0.3, -0.25) is 0 Å². The van der Waals surface area contributed by atoms with Crippen LogP contribution in [0, 0.1) is 5.41 Å². The molecule has 2 N–H and O–H groups in total. The van der Waals surface area contributed by atoms with Crippen LogP contribution in [0.25, 0.3) is 0 Å². The Morgan fingerprint density at radius 1 is 1.29 bits per heavy atom. The molecule has 0 radical (unpaired) electrons. The van der Waals surface area contributed by atoms with Crippen molar-refractivity contribution < 1.29 is 8.42 Å². The van der Waals surface area contributed by atoms with Crippen LogP contribution in [0.3, 0.4) is 0 Å². The fourth-order valence-corrected chi connectivity index (χ4v) is 4.00. The van der Waals surface area contributed by atoms with Crippen molar-refractivity contribution in [3.63, 3.8) is 0 Å². The molecule has 1 saturated carbocycles. The van der Waals surface area contributed by atoms with E-state index >= 15 is 0 Å². The highest BCUT2D eigenvalue weighted by Crippen LogP contribution is 2.35. The van der Waals surface area contributed by atoms with Gasteiger partial charge in [0.25, 0.3) is 0 Å². The number of hydrogen-bond acceptors (Lipinski definition) is 4. The first-order valence-electron chi connectivity index (χ1n) is 7.65. The molecule has 5 nitrogen and oxygen atoms in total. The number of hydrogen-bond donors (Lipinski definition) is 2. The summed E-state index contributed by atoms with van der Waals surface area (Å²) in [5.74, 6) is 0.587. The van der Waals surface area contributed by atoms with Crippen molar-refractivity contribution in [3.8, 4) is 0 Å². The second kappa shape index (κ2) is 6.75. The maximum atomic E-state index is 12.4. The smallest absolute Gasteiger partial charge is 0.240 e. The number of rotatable bonds is 6. The normalized spacial score (nSPS) is 18.4. The molecule has 0 aliphatic heterocycles. The molecular formula is C15H25N3O2S. The van der Waals surface area contributed by atoms with E-state index in [1.54, 1.807) is 6.07 Å². The van der Waals surface area contributed by atoms with Gasteiger partial charge in [-0.25, -0.2) is 18.1 Å². The van der Waals surface area contributed by atoms with E-state index in [1.165, 1.54) is 31.5 Å². The highest BCUT2D eigenvalue weighted by Gasteiger charge is 2.28. The minimum absolute atomic E-state index is 0.0862. The molecule has 0 saturated heterocycles. The number of nitrogens with zero attached hydrogens (tertiary/aromatic N) is 1. The maximum Gasteiger partial charge on any atom is 0.240 e. The van der Waals surface area contributed by atoms with Crippen LogP contribution in [0.15, 0.2) is 23.2 Å². The van der Waals surface area contributed by atoms with E-state index in [-0.39, 0.29) is 10.3 Å². The SMILES string of the molecule is CCNc1cc(S(=O)(=O)NCC2(C)CCCCC2)ccn1. The van der Waals surface area contributed by atoms with Gasteiger partial charge in [-0.05, 0) is 31.2 Å². The Balaban J connectivity index is 2.05. The van der Waals surface area contributed by atoms with Crippen LogP contribution in [-0.2, 0) is 10.0 Å². The molecule has 6 heteroatoms. The van der Waals surface area contributed by atoms with Crippen molar-refractivity contribution >= 4 is 15.8 Å². The lowest BCUT2D eigenvalue weighted by atomic mass is 9.76. The van der Waals surface area contributed by atoms with Crippen LogP contribution in [0.5, 0.6) is 0 Å². The Kier molecular flexibility index (Phi) is 5.22. The molecule has 0 amide bonds. The predicted octanol–water partition coefficient (Wildman–Crippen LogP) is 2.76. The van der Waals surface area contributed by atoms with Crippen molar-refractivity contribution in [2.45, 2.75) is 50.8 Å². The zero-order chi connectivity index (χ0) is 15.3. The summed E-state index contributed by atoms with van der Waals surface area (Å²) >= 11 is 0. The topological polar surface area (TPSA) is 71.1 Å². The second-order valence-electron chi connectivity index (χ2n) is 6.10. The minimum atomic E-state index is -3.47. The average Bonchev–Trinajstić information content (AvgIpc) is 2.47. The lowest BCUT2D eigenvalue weighted by Gasteiger charge is -2.33. The third-order valence-electron chi connectivity index (χ3n) is 4.15. The standard InChI is InChI=1S/C15H25N3O2S/c1-3-16-14-11-13(7-10-17-14)21(19,20)18-12-15(2)8-5-4-6-9-15/h7,10-11,18H,3-6,8-9,12H2,1-2H3,(H,16,17). The van der Waals surface area contributed by atoms with Crippen LogP contribution in [0.2, 0.25) is 0 Å². The van der Waals surface area contributed by atoms with E-state index in [0.29, 0.717) is 18.9 Å². The van der Waals surface area contributed by atoms with Crippen molar-refractivity contribution in [3.05, 3.63) is 18.3 Å². The second-order valence-corrected chi connectivity index (χ2v) is 7.87. The summed E-state index contributed by atoms with van der Waals surface area (Å²) in [6.07, 6.45) is 7.35. The lowest BCUT2D eigenvalue weighted by Crippen LogP contribution is -2.37. The first-order chi connectivity index (χ1) is 9.95. The predicted molar refractivity (Wildman–Crippen MR) is 84.8 cm³/mol. The van der Waals surface area contributed by atoms with Crippen LogP contribution in [0.1, 0.15) is 46.0 Å². The fraction of sp³-hybridized carbons (Fsp3) is 0.667. The molecule has 1 aliphatic rings.